The molecule has 2 aromatic rings. The fraction of sp³-hybridized carbons (Fsp3) is 0.250. The standard InChI is InChI=1S/C16H17ClN2/c17-14-6-3-5-13(8-10-18)16(14)19-11-9-12-4-1-2-7-15(12)19/h1-7H,8-11,18H2. The fourth-order valence-corrected chi connectivity index (χ4v) is 3.09. The Bertz CT molecular complexity index is 595. The number of benzene rings is 2. The summed E-state index contributed by atoms with van der Waals surface area (Å²) >= 11 is 6.43. The minimum atomic E-state index is 0.642. The first-order chi connectivity index (χ1) is 9.31. The quantitative estimate of drug-likeness (QED) is 0.926. The summed E-state index contributed by atoms with van der Waals surface area (Å²) in [6.45, 7) is 1.63. The van der Waals surface area contributed by atoms with Gasteiger partial charge in [-0.05, 0) is 42.6 Å². The van der Waals surface area contributed by atoms with Gasteiger partial charge < -0.3 is 10.6 Å². The Morgan fingerprint density at radius 3 is 2.79 bits per heavy atom. The molecule has 0 amide bonds. The summed E-state index contributed by atoms with van der Waals surface area (Å²) in [5.74, 6) is 0. The Kier molecular flexibility index (Phi) is 3.45. The van der Waals surface area contributed by atoms with Gasteiger partial charge in [-0.25, -0.2) is 0 Å². The summed E-state index contributed by atoms with van der Waals surface area (Å²) in [4.78, 5) is 2.32. The molecule has 2 N–H and O–H groups in total. The second-order valence-electron chi connectivity index (χ2n) is 4.82. The molecule has 3 heteroatoms. The van der Waals surface area contributed by atoms with Crippen LogP contribution in [-0.4, -0.2) is 13.1 Å². The molecule has 0 bridgehead atoms. The number of rotatable bonds is 3. The van der Waals surface area contributed by atoms with Crippen LogP contribution in [-0.2, 0) is 12.8 Å². The molecule has 19 heavy (non-hydrogen) atoms. The maximum absolute atomic E-state index is 6.43. The highest BCUT2D eigenvalue weighted by molar-refractivity contribution is 6.33. The van der Waals surface area contributed by atoms with Crippen molar-refractivity contribution in [3.05, 3.63) is 58.6 Å². The molecule has 3 rings (SSSR count). The van der Waals surface area contributed by atoms with Crippen LogP contribution in [0.4, 0.5) is 11.4 Å². The Labute approximate surface area is 118 Å². The van der Waals surface area contributed by atoms with E-state index in [2.05, 4.69) is 35.2 Å². The van der Waals surface area contributed by atoms with Crippen LogP contribution in [0.5, 0.6) is 0 Å². The molecule has 98 valence electrons. The topological polar surface area (TPSA) is 29.3 Å². The van der Waals surface area contributed by atoms with Gasteiger partial charge in [0.15, 0.2) is 0 Å². The van der Waals surface area contributed by atoms with Gasteiger partial charge in [0.2, 0.25) is 0 Å². The molecule has 0 aliphatic carbocycles. The Morgan fingerprint density at radius 2 is 1.95 bits per heavy atom. The number of fused-ring (bicyclic) bond motifs is 1. The van der Waals surface area contributed by atoms with E-state index in [1.54, 1.807) is 0 Å². The van der Waals surface area contributed by atoms with Crippen molar-refractivity contribution in [1.29, 1.82) is 0 Å². The van der Waals surface area contributed by atoms with Gasteiger partial charge in [0.1, 0.15) is 0 Å². The molecular weight excluding hydrogens is 256 g/mol. The first-order valence-corrected chi connectivity index (χ1v) is 7.02. The lowest BCUT2D eigenvalue weighted by Gasteiger charge is -2.24. The first kappa shape index (κ1) is 12.5. The number of halogens is 1. The van der Waals surface area contributed by atoms with Gasteiger partial charge in [-0.15, -0.1) is 0 Å². The Balaban J connectivity index is 2.09. The second kappa shape index (κ2) is 5.24. The van der Waals surface area contributed by atoms with Gasteiger partial charge in [0.25, 0.3) is 0 Å². The molecule has 0 radical (unpaired) electrons. The number of anilines is 2. The van der Waals surface area contributed by atoms with Gasteiger partial charge >= 0.3 is 0 Å². The number of hydrogen-bond acceptors (Lipinski definition) is 2. The van der Waals surface area contributed by atoms with Crippen LogP contribution in [0.15, 0.2) is 42.5 Å². The van der Waals surface area contributed by atoms with Gasteiger partial charge in [0.05, 0.1) is 10.7 Å². The highest BCUT2D eigenvalue weighted by Gasteiger charge is 2.23. The normalized spacial score (nSPS) is 13.7. The summed E-state index contributed by atoms with van der Waals surface area (Å²) in [7, 11) is 0. The summed E-state index contributed by atoms with van der Waals surface area (Å²) in [5, 5.41) is 0.808. The zero-order chi connectivity index (χ0) is 13.2. The predicted octanol–water partition coefficient (Wildman–Crippen LogP) is 3.54. The Hall–Kier alpha value is -1.51. The van der Waals surface area contributed by atoms with Crippen molar-refractivity contribution in [2.75, 3.05) is 18.0 Å². The molecule has 0 aromatic heterocycles. The molecule has 0 unspecified atom stereocenters. The lowest BCUT2D eigenvalue weighted by Crippen LogP contribution is -2.17. The van der Waals surface area contributed by atoms with Crippen molar-refractivity contribution in [2.24, 2.45) is 5.73 Å². The van der Waals surface area contributed by atoms with E-state index in [9.17, 15) is 0 Å². The first-order valence-electron chi connectivity index (χ1n) is 6.64. The average Bonchev–Trinajstić information content (AvgIpc) is 2.83. The van der Waals surface area contributed by atoms with Crippen molar-refractivity contribution in [3.8, 4) is 0 Å². The third-order valence-electron chi connectivity index (χ3n) is 3.64. The van der Waals surface area contributed by atoms with E-state index in [-0.39, 0.29) is 0 Å². The fourth-order valence-electron chi connectivity index (χ4n) is 2.79. The third kappa shape index (κ3) is 2.22. The molecule has 0 fully saturated rings. The van der Waals surface area contributed by atoms with Crippen molar-refractivity contribution < 1.29 is 0 Å². The molecule has 0 spiro atoms. The SMILES string of the molecule is NCCc1cccc(Cl)c1N1CCc2ccccc21. The monoisotopic (exact) mass is 272 g/mol. The van der Waals surface area contributed by atoms with Crippen molar-refractivity contribution >= 4 is 23.0 Å². The number of hydrogen-bond donors (Lipinski definition) is 1. The van der Waals surface area contributed by atoms with Gasteiger partial charge in [-0.2, -0.15) is 0 Å². The summed E-state index contributed by atoms with van der Waals surface area (Å²) in [6, 6.07) is 14.6. The number of para-hydroxylation sites is 2. The predicted molar refractivity (Wildman–Crippen MR) is 81.4 cm³/mol. The molecule has 2 aromatic carbocycles. The summed E-state index contributed by atoms with van der Waals surface area (Å²) in [5.41, 5.74) is 10.7. The molecule has 0 saturated heterocycles. The molecule has 0 atom stereocenters. The van der Waals surface area contributed by atoms with Gasteiger partial charge in [-0.3, -0.25) is 0 Å². The van der Waals surface area contributed by atoms with Gasteiger partial charge in [-0.1, -0.05) is 41.9 Å². The van der Waals surface area contributed by atoms with Gasteiger partial charge in [0, 0.05) is 12.2 Å². The molecular formula is C16H17ClN2. The minimum absolute atomic E-state index is 0.642. The maximum Gasteiger partial charge on any atom is 0.0645 e. The van der Waals surface area contributed by atoms with Crippen molar-refractivity contribution in [3.63, 3.8) is 0 Å². The molecule has 0 saturated carbocycles. The largest absolute Gasteiger partial charge is 0.339 e. The Morgan fingerprint density at radius 1 is 1.11 bits per heavy atom. The van der Waals surface area contributed by atoms with E-state index in [0.717, 1.165) is 30.1 Å². The van der Waals surface area contributed by atoms with Crippen molar-refractivity contribution in [1.82, 2.24) is 0 Å². The lowest BCUT2D eigenvalue weighted by molar-refractivity contribution is 0.939. The highest BCUT2D eigenvalue weighted by atomic mass is 35.5. The zero-order valence-corrected chi connectivity index (χ0v) is 11.5. The second-order valence-corrected chi connectivity index (χ2v) is 5.22. The molecule has 1 aliphatic heterocycles. The number of nitrogens with zero attached hydrogens (tertiary/aromatic N) is 1. The van der Waals surface area contributed by atoms with E-state index in [1.165, 1.54) is 16.8 Å². The van der Waals surface area contributed by atoms with E-state index >= 15 is 0 Å². The van der Waals surface area contributed by atoms with E-state index in [1.807, 2.05) is 12.1 Å². The van der Waals surface area contributed by atoms with Crippen LogP contribution in [0.2, 0.25) is 5.02 Å². The van der Waals surface area contributed by atoms with Crippen LogP contribution in [0.1, 0.15) is 11.1 Å². The van der Waals surface area contributed by atoms with Crippen LogP contribution < -0.4 is 10.6 Å². The van der Waals surface area contributed by atoms with Crippen LogP contribution >= 0.6 is 11.6 Å². The zero-order valence-electron chi connectivity index (χ0n) is 10.8. The highest BCUT2D eigenvalue weighted by Crippen LogP contribution is 2.40. The van der Waals surface area contributed by atoms with E-state index in [0.29, 0.717) is 6.54 Å². The minimum Gasteiger partial charge on any atom is -0.339 e. The molecule has 1 aliphatic rings. The maximum atomic E-state index is 6.43. The molecule has 2 nitrogen and oxygen atoms in total. The lowest BCUT2D eigenvalue weighted by atomic mass is 10.1. The van der Waals surface area contributed by atoms with Crippen LogP contribution in [0, 0.1) is 0 Å². The smallest absolute Gasteiger partial charge is 0.0645 e. The van der Waals surface area contributed by atoms with E-state index < -0.39 is 0 Å². The van der Waals surface area contributed by atoms with E-state index in [4.69, 9.17) is 17.3 Å². The summed E-state index contributed by atoms with van der Waals surface area (Å²) < 4.78 is 0. The molecule has 1 heterocycles. The average molecular weight is 273 g/mol. The number of nitrogens with two attached hydrogens (primary N) is 1. The van der Waals surface area contributed by atoms with Crippen LogP contribution in [0.25, 0.3) is 0 Å². The third-order valence-corrected chi connectivity index (χ3v) is 3.95. The summed E-state index contributed by atoms with van der Waals surface area (Å²) in [6.07, 6.45) is 1.93. The van der Waals surface area contributed by atoms with Crippen LogP contribution in [0.3, 0.4) is 0 Å². The van der Waals surface area contributed by atoms with Crippen molar-refractivity contribution in [2.45, 2.75) is 12.8 Å².